The van der Waals surface area contributed by atoms with Crippen LogP contribution in [0.25, 0.3) is 0 Å². The number of unbranched alkanes of at least 4 members (excludes halogenated alkanes) is 84. The van der Waals surface area contributed by atoms with Crippen LogP contribution in [-0.4, -0.2) is 66.2 Å². The zero-order chi connectivity index (χ0) is 88.7. The van der Waals surface area contributed by atoms with E-state index in [9.17, 15) is 28.8 Å². The Kier molecular flexibility index (Phi) is 107. The van der Waals surface area contributed by atoms with Gasteiger partial charge in [-0.1, -0.05) is 427 Å². The minimum atomic E-state index is -4.01. The molecule has 0 spiro atoms. The third-order valence-electron chi connectivity index (χ3n) is 25.1. The molecule has 0 saturated carbocycles. The van der Waals surface area contributed by atoms with E-state index >= 15 is 0 Å². The second-order valence-corrected chi connectivity index (χ2v) is 41.4. The average molecular weight is 1920 g/mol. The van der Waals surface area contributed by atoms with Crippen molar-refractivity contribution in [3.63, 3.8) is 0 Å². The molecule has 0 fully saturated rings. The summed E-state index contributed by atoms with van der Waals surface area (Å²) in [5, 5.41) is 0. The van der Waals surface area contributed by atoms with Crippen molar-refractivity contribution < 1.29 is 51.2 Å². The van der Waals surface area contributed by atoms with Crippen LogP contribution >= 0.6 is 0 Å². The second-order valence-electron chi connectivity index (χ2n) is 37.6. The van der Waals surface area contributed by atoms with E-state index in [-0.39, 0.29) is 56.4 Å². The summed E-state index contributed by atoms with van der Waals surface area (Å²) >= 11 is -4.01. The van der Waals surface area contributed by atoms with Gasteiger partial charge in [-0.25, -0.2) is 0 Å². The fourth-order valence-electron chi connectivity index (χ4n) is 16.9. The van der Waals surface area contributed by atoms with Gasteiger partial charge < -0.3 is 14.0 Å². The van der Waals surface area contributed by atoms with E-state index in [0.717, 1.165) is 116 Å². The van der Waals surface area contributed by atoms with E-state index in [4.69, 9.17) is 22.4 Å². The van der Waals surface area contributed by atoms with Crippen molar-refractivity contribution >= 4 is 66.2 Å². The molecule has 0 heterocycles. The minimum absolute atomic E-state index is 0.238. The van der Waals surface area contributed by atoms with Gasteiger partial charge in [-0.2, -0.15) is 0 Å². The van der Waals surface area contributed by atoms with E-state index < -0.39 is 48.3 Å². The first-order chi connectivity index (χ1) is 60.1. The minimum Gasteiger partial charge on any atom is -0.0654 e. The molecule has 0 bridgehead atoms. The Hall–Kier alpha value is -2.23. The number of hydrogen-bond donors (Lipinski definition) is 0. The standard InChI is InChI=1S/C54H105BO6.3C18H36O2.Bi/c1-4-7-10-13-16-19-22-25-28-31-34-37-40-43-46-49-52(56)59-55(60-53(57)50-47-44-41-38-35-32-29-26-23-20-17-14-11-8-5-2)61-54(58)51-48-45-42-39-36-33-30-27-24-21-18-15-12-9-6-3;3*1-2-3-4-5-6-7-8-9-10-11-12-13-14-15-16-17-18(19)20;/h4-51H2,1-3H3;3*2-17H2,1H3,(H,19,20);/q;;;;+3/p-3. The molecule has 0 aliphatic rings. The molecular formula is C108H210BBiO12. The SMILES string of the molecule is CCCCCCCCCCCCCCCCCC(=O)OB(OC(=O)CCCCCCCCCCCCCCCCC)OC(=O)CCCCCCCCCCCCCCCCC.CCCCCCCCCCCCCCCCCC(=O)[O][Bi]([O]C(=O)CCCCCCCCCCCCCCCCC)[O]C(=O)CCCCCCCCCCCCCCCCC. The van der Waals surface area contributed by atoms with Crippen molar-refractivity contribution in [3.05, 3.63) is 0 Å². The van der Waals surface area contributed by atoms with Crippen LogP contribution in [-0.2, 0) is 51.2 Å². The van der Waals surface area contributed by atoms with Gasteiger partial charge in [-0.15, -0.1) is 0 Å². The van der Waals surface area contributed by atoms with Crippen molar-refractivity contribution in [2.45, 2.75) is 658 Å². The molecule has 0 unspecified atom stereocenters. The fourth-order valence-corrected chi connectivity index (χ4v) is 20.3. The van der Waals surface area contributed by atoms with Gasteiger partial charge in [0, 0.05) is 19.3 Å². The van der Waals surface area contributed by atoms with Gasteiger partial charge in [-0.3, -0.25) is 14.4 Å². The van der Waals surface area contributed by atoms with Gasteiger partial charge in [0.15, 0.2) is 0 Å². The third-order valence-corrected chi connectivity index (χ3v) is 29.2. The molecule has 0 aromatic carbocycles. The van der Waals surface area contributed by atoms with Crippen LogP contribution in [0, 0.1) is 0 Å². The first-order valence-electron chi connectivity index (χ1n) is 55.1. The van der Waals surface area contributed by atoms with Crippen molar-refractivity contribution in [2.24, 2.45) is 0 Å². The van der Waals surface area contributed by atoms with Crippen LogP contribution in [0.1, 0.15) is 658 Å². The van der Waals surface area contributed by atoms with Crippen molar-refractivity contribution in [3.8, 4) is 0 Å². The van der Waals surface area contributed by atoms with Crippen LogP contribution in [0.4, 0.5) is 0 Å². The molecule has 0 rings (SSSR count). The smallest absolute Gasteiger partial charge is 0.0654 e. The molecule has 0 aromatic rings. The van der Waals surface area contributed by atoms with E-state index in [1.54, 1.807) is 0 Å². The zero-order valence-corrected chi connectivity index (χ0v) is 86.3. The molecular weight excluding hydrogens is 1710 g/mol. The molecule has 0 aliphatic heterocycles. The molecule has 14 heteroatoms. The van der Waals surface area contributed by atoms with E-state index in [0.29, 0.717) is 0 Å². The summed E-state index contributed by atoms with van der Waals surface area (Å²) in [6.07, 6.45) is 115. The zero-order valence-electron chi connectivity index (χ0n) is 82.8. The molecule has 0 aromatic heterocycles. The number of carbonyl (C=O) groups excluding carboxylic acids is 6. The van der Waals surface area contributed by atoms with Crippen LogP contribution in [0.15, 0.2) is 0 Å². The van der Waals surface area contributed by atoms with Gasteiger partial charge >= 0.3 is 264 Å². The number of hydrogen-bond acceptors (Lipinski definition) is 12. The summed E-state index contributed by atoms with van der Waals surface area (Å²) in [4.78, 5) is 76.7. The van der Waals surface area contributed by atoms with Crippen molar-refractivity contribution in [2.75, 3.05) is 0 Å². The summed E-state index contributed by atoms with van der Waals surface area (Å²) in [6.45, 7) is 13.6. The summed E-state index contributed by atoms with van der Waals surface area (Å²) in [5.74, 6) is -2.57. The molecule has 0 atom stereocenters. The Morgan fingerprint density at radius 1 is 0.139 bits per heavy atom. The maximum absolute atomic E-state index is 12.8. The van der Waals surface area contributed by atoms with Gasteiger partial charge in [0.25, 0.3) is 17.9 Å². The summed E-state index contributed by atoms with van der Waals surface area (Å²) in [6, 6.07) is 0. The molecule has 0 amide bonds. The average Bonchev–Trinajstić information content (AvgIpc) is 0.928. The molecule has 122 heavy (non-hydrogen) atoms. The predicted octanol–water partition coefficient (Wildman–Crippen LogP) is 36.8. The fraction of sp³-hybridized carbons (Fsp3) is 0.944. The van der Waals surface area contributed by atoms with Crippen LogP contribution in [0.2, 0.25) is 0 Å². The Morgan fingerprint density at radius 2 is 0.230 bits per heavy atom. The topological polar surface area (TPSA) is 158 Å². The van der Waals surface area contributed by atoms with Crippen molar-refractivity contribution in [1.82, 2.24) is 0 Å². The quantitative estimate of drug-likeness (QED) is 0.0420. The third kappa shape index (κ3) is 105. The van der Waals surface area contributed by atoms with Crippen LogP contribution < -0.4 is 0 Å². The Bertz CT molecular complexity index is 1740. The molecule has 0 saturated heterocycles. The second kappa shape index (κ2) is 108. The molecule has 0 N–H and O–H groups in total. The first kappa shape index (κ1) is 122. The normalized spacial score (nSPS) is 11.3. The number of rotatable bonds is 102. The van der Waals surface area contributed by atoms with E-state index in [2.05, 4.69) is 41.5 Å². The Morgan fingerprint density at radius 3 is 0.336 bits per heavy atom. The van der Waals surface area contributed by atoms with Gasteiger partial charge in [-0.05, 0) is 19.3 Å². The molecule has 12 nitrogen and oxygen atoms in total. The van der Waals surface area contributed by atoms with Crippen LogP contribution in [0.5, 0.6) is 0 Å². The van der Waals surface area contributed by atoms with Crippen LogP contribution in [0.3, 0.4) is 0 Å². The van der Waals surface area contributed by atoms with Gasteiger partial charge in [0.2, 0.25) is 0 Å². The summed E-state index contributed by atoms with van der Waals surface area (Å²) < 4.78 is 33.3. The predicted molar refractivity (Wildman–Crippen MR) is 525 cm³/mol. The Labute approximate surface area is 770 Å². The molecule has 0 radical (unpaired) electrons. The Balaban J connectivity index is 0. The van der Waals surface area contributed by atoms with Gasteiger partial charge in [0.1, 0.15) is 0 Å². The van der Waals surface area contributed by atoms with Gasteiger partial charge in [0.05, 0.1) is 0 Å². The maximum atomic E-state index is 12.8. The molecule has 722 valence electrons. The summed E-state index contributed by atoms with van der Waals surface area (Å²) in [7, 11) is -1.59. The van der Waals surface area contributed by atoms with E-state index in [1.165, 1.54) is 462 Å². The first-order valence-corrected chi connectivity index (χ1v) is 59.3. The number of carbonyl (C=O) groups is 6. The summed E-state index contributed by atoms with van der Waals surface area (Å²) in [5.41, 5.74) is 0. The monoisotopic (exact) mass is 1920 g/mol. The van der Waals surface area contributed by atoms with E-state index in [1.807, 2.05) is 0 Å². The van der Waals surface area contributed by atoms with Crippen molar-refractivity contribution in [1.29, 1.82) is 0 Å². The molecule has 0 aliphatic carbocycles.